The van der Waals surface area contributed by atoms with Crippen molar-refractivity contribution in [2.24, 2.45) is 0 Å². The van der Waals surface area contributed by atoms with E-state index in [4.69, 9.17) is 9.47 Å². The number of carbonyl (C=O) groups excluding carboxylic acids is 2. The zero-order chi connectivity index (χ0) is 16.7. The molecule has 122 valence electrons. The van der Waals surface area contributed by atoms with E-state index in [0.717, 1.165) is 3.79 Å². The number of halogens is 1. The molecule has 8 heteroatoms. The van der Waals surface area contributed by atoms with Crippen molar-refractivity contribution >= 4 is 39.1 Å². The minimum absolute atomic E-state index is 0.238. The first-order valence-electron chi connectivity index (χ1n) is 6.79. The Hall–Kier alpha value is -2.06. The molecule has 1 aromatic carbocycles. The lowest BCUT2D eigenvalue weighted by atomic mass is 10.3. The van der Waals surface area contributed by atoms with Gasteiger partial charge in [-0.15, -0.1) is 11.3 Å². The van der Waals surface area contributed by atoms with Gasteiger partial charge in [-0.3, -0.25) is 20.4 Å². The maximum atomic E-state index is 11.8. The molecular formula is C15H15BrN2O4S. The molecule has 0 saturated heterocycles. The van der Waals surface area contributed by atoms with Gasteiger partial charge in [0.15, 0.2) is 18.1 Å². The van der Waals surface area contributed by atoms with Crippen molar-refractivity contribution in [3.8, 4) is 11.5 Å². The molecular weight excluding hydrogens is 384 g/mol. The summed E-state index contributed by atoms with van der Waals surface area (Å²) in [5.41, 5.74) is 4.63. The van der Waals surface area contributed by atoms with Gasteiger partial charge in [-0.2, -0.15) is 0 Å². The van der Waals surface area contributed by atoms with Crippen molar-refractivity contribution in [1.82, 2.24) is 10.9 Å². The number of thiophene rings is 1. The van der Waals surface area contributed by atoms with Gasteiger partial charge in [-0.1, -0.05) is 12.1 Å². The van der Waals surface area contributed by atoms with Crippen LogP contribution in [0.4, 0.5) is 0 Å². The Morgan fingerprint density at radius 2 is 1.78 bits per heavy atom. The summed E-state index contributed by atoms with van der Waals surface area (Å²) < 4.78 is 11.6. The molecule has 0 fully saturated rings. The summed E-state index contributed by atoms with van der Waals surface area (Å²) in [7, 11) is 0. The van der Waals surface area contributed by atoms with E-state index in [1.165, 1.54) is 11.3 Å². The highest BCUT2D eigenvalue weighted by Crippen LogP contribution is 2.26. The van der Waals surface area contributed by atoms with Crippen LogP contribution in [0.15, 0.2) is 40.2 Å². The number of hydrogen-bond donors (Lipinski definition) is 2. The molecule has 0 spiro atoms. The van der Waals surface area contributed by atoms with E-state index >= 15 is 0 Å². The van der Waals surface area contributed by atoms with Crippen LogP contribution in [0.5, 0.6) is 11.5 Å². The van der Waals surface area contributed by atoms with Gasteiger partial charge in [-0.05, 0) is 47.1 Å². The van der Waals surface area contributed by atoms with Crippen LogP contribution in [0, 0.1) is 0 Å². The standard InChI is InChI=1S/C15H15BrN2O4S/c1-2-21-10-5-3-4-6-11(10)22-9-14(19)17-18-15(20)12-7-8-13(16)23-12/h3-8H,2,9H2,1H3,(H,17,19)(H,18,20). The Morgan fingerprint density at radius 3 is 2.39 bits per heavy atom. The normalized spacial score (nSPS) is 10.0. The summed E-state index contributed by atoms with van der Waals surface area (Å²) in [4.78, 5) is 24.0. The van der Waals surface area contributed by atoms with E-state index in [0.29, 0.717) is 23.0 Å². The third-order valence-corrected chi connectivity index (χ3v) is 4.24. The zero-order valence-corrected chi connectivity index (χ0v) is 14.7. The van der Waals surface area contributed by atoms with Crippen LogP contribution in [0.1, 0.15) is 16.6 Å². The third-order valence-electron chi connectivity index (χ3n) is 2.62. The molecule has 2 amide bonds. The van der Waals surface area contributed by atoms with Gasteiger partial charge in [0.1, 0.15) is 0 Å². The predicted molar refractivity (Wildman–Crippen MR) is 90.7 cm³/mol. The van der Waals surface area contributed by atoms with Crippen molar-refractivity contribution in [2.75, 3.05) is 13.2 Å². The molecule has 1 aromatic heterocycles. The second kappa shape index (κ2) is 8.54. The number of para-hydroxylation sites is 2. The van der Waals surface area contributed by atoms with E-state index in [-0.39, 0.29) is 12.5 Å². The van der Waals surface area contributed by atoms with Crippen LogP contribution < -0.4 is 20.3 Å². The van der Waals surface area contributed by atoms with Crippen molar-refractivity contribution in [3.63, 3.8) is 0 Å². The summed E-state index contributed by atoms with van der Waals surface area (Å²) >= 11 is 4.54. The Labute approximate surface area is 145 Å². The van der Waals surface area contributed by atoms with Gasteiger partial charge in [0.2, 0.25) is 0 Å². The summed E-state index contributed by atoms with van der Waals surface area (Å²) in [6.45, 7) is 2.12. The fourth-order valence-corrected chi connectivity index (χ4v) is 2.93. The van der Waals surface area contributed by atoms with Gasteiger partial charge in [0.05, 0.1) is 15.3 Å². The largest absolute Gasteiger partial charge is 0.490 e. The van der Waals surface area contributed by atoms with Gasteiger partial charge in [0, 0.05) is 0 Å². The van der Waals surface area contributed by atoms with Crippen molar-refractivity contribution in [1.29, 1.82) is 0 Å². The molecule has 1 heterocycles. The number of rotatable bonds is 6. The number of hydrazine groups is 1. The third kappa shape index (κ3) is 5.26. The van der Waals surface area contributed by atoms with E-state index in [9.17, 15) is 9.59 Å². The van der Waals surface area contributed by atoms with E-state index in [1.807, 2.05) is 13.0 Å². The summed E-state index contributed by atoms with van der Waals surface area (Å²) in [5, 5.41) is 0. The van der Waals surface area contributed by atoms with Crippen LogP contribution in [-0.2, 0) is 4.79 Å². The molecule has 0 atom stereocenters. The molecule has 0 aliphatic carbocycles. The molecule has 0 bridgehead atoms. The summed E-state index contributed by atoms with van der Waals surface area (Å²) in [6.07, 6.45) is 0. The zero-order valence-electron chi connectivity index (χ0n) is 12.3. The fourth-order valence-electron chi connectivity index (χ4n) is 1.65. The highest BCUT2D eigenvalue weighted by molar-refractivity contribution is 9.11. The first-order chi connectivity index (χ1) is 11.1. The summed E-state index contributed by atoms with van der Waals surface area (Å²) in [5.74, 6) is 0.178. The lowest BCUT2D eigenvalue weighted by Crippen LogP contribution is -2.43. The first-order valence-corrected chi connectivity index (χ1v) is 8.40. The SMILES string of the molecule is CCOc1ccccc1OCC(=O)NNC(=O)c1ccc(Br)s1. The van der Waals surface area contributed by atoms with Crippen molar-refractivity contribution < 1.29 is 19.1 Å². The molecule has 23 heavy (non-hydrogen) atoms. The number of hydrogen-bond acceptors (Lipinski definition) is 5. The molecule has 6 nitrogen and oxygen atoms in total. The van der Waals surface area contributed by atoms with E-state index in [1.54, 1.807) is 30.3 Å². The van der Waals surface area contributed by atoms with Gasteiger partial charge in [0.25, 0.3) is 11.8 Å². The van der Waals surface area contributed by atoms with Crippen LogP contribution >= 0.6 is 27.3 Å². The second-order valence-corrected chi connectivity index (χ2v) is 6.74. The van der Waals surface area contributed by atoms with Crippen molar-refractivity contribution in [2.45, 2.75) is 6.92 Å². The number of amides is 2. The topological polar surface area (TPSA) is 76.7 Å². The Balaban J connectivity index is 1.80. The summed E-state index contributed by atoms with van der Waals surface area (Å²) in [6, 6.07) is 10.5. The first kappa shape index (κ1) is 17.3. The molecule has 2 N–H and O–H groups in total. The average molecular weight is 399 g/mol. The lowest BCUT2D eigenvalue weighted by Gasteiger charge is -2.11. The molecule has 0 aliphatic heterocycles. The van der Waals surface area contributed by atoms with Crippen LogP contribution in [0.25, 0.3) is 0 Å². The van der Waals surface area contributed by atoms with E-state index < -0.39 is 5.91 Å². The Morgan fingerprint density at radius 1 is 1.09 bits per heavy atom. The molecule has 0 radical (unpaired) electrons. The predicted octanol–water partition coefficient (Wildman–Crippen LogP) is 2.75. The molecule has 0 saturated carbocycles. The maximum Gasteiger partial charge on any atom is 0.279 e. The molecule has 2 rings (SSSR count). The van der Waals surface area contributed by atoms with Gasteiger partial charge >= 0.3 is 0 Å². The average Bonchev–Trinajstić information content (AvgIpc) is 2.98. The highest BCUT2D eigenvalue weighted by Gasteiger charge is 2.11. The van der Waals surface area contributed by atoms with Crippen LogP contribution in [0.2, 0.25) is 0 Å². The Kier molecular flexibility index (Phi) is 6.42. The van der Waals surface area contributed by atoms with E-state index in [2.05, 4.69) is 26.8 Å². The number of benzene rings is 1. The minimum Gasteiger partial charge on any atom is -0.490 e. The van der Waals surface area contributed by atoms with Crippen molar-refractivity contribution in [3.05, 3.63) is 45.1 Å². The Bertz CT molecular complexity index is 690. The van der Waals surface area contributed by atoms with Gasteiger partial charge < -0.3 is 9.47 Å². The lowest BCUT2D eigenvalue weighted by molar-refractivity contribution is -0.123. The fraction of sp³-hybridized carbons (Fsp3) is 0.200. The van der Waals surface area contributed by atoms with Gasteiger partial charge in [-0.25, -0.2) is 0 Å². The quantitative estimate of drug-likeness (QED) is 0.733. The monoisotopic (exact) mass is 398 g/mol. The smallest absolute Gasteiger partial charge is 0.279 e. The number of carbonyl (C=O) groups is 2. The highest BCUT2D eigenvalue weighted by atomic mass is 79.9. The molecule has 0 unspecified atom stereocenters. The van der Waals surface area contributed by atoms with Crippen LogP contribution in [-0.4, -0.2) is 25.0 Å². The second-order valence-electron chi connectivity index (χ2n) is 4.27. The number of nitrogens with one attached hydrogen (secondary N) is 2. The maximum absolute atomic E-state index is 11.8. The molecule has 0 aliphatic rings. The molecule has 2 aromatic rings. The van der Waals surface area contributed by atoms with Crippen LogP contribution in [0.3, 0.4) is 0 Å². The number of ether oxygens (including phenoxy) is 2. The minimum atomic E-state index is -0.472.